The van der Waals surface area contributed by atoms with Crippen LogP contribution in [0.3, 0.4) is 0 Å². The molecule has 13 heteroatoms. The minimum absolute atomic E-state index is 0.0312. The quantitative estimate of drug-likeness (QED) is 0.0424. The monoisotopic (exact) mass is 859 g/mol. The molecular formula is C48H49N3O8S2. The summed E-state index contributed by atoms with van der Waals surface area (Å²) in [7, 11) is 0.00715. The summed E-state index contributed by atoms with van der Waals surface area (Å²) in [5.41, 5.74) is 5.26. The predicted octanol–water partition coefficient (Wildman–Crippen LogP) is 7.75. The van der Waals surface area contributed by atoms with E-state index in [2.05, 4.69) is 10.8 Å². The van der Waals surface area contributed by atoms with Crippen molar-refractivity contribution in [1.29, 1.82) is 0 Å². The number of nitrogens with zero attached hydrogens (tertiary/aromatic N) is 1. The molecular weight excluding hydrogens is 811 g/mol. The smallest absolute Gasteiger partial charge is 0.262 e. The minimum Gasteiger partial charge on any atom is -0.497 e. The minimum atomic E-state index is -4.52. The fourth-order valence-corrected chi connectivity index (χ4v) is 9.40. The largest absolute Gasteiger partial charge is 0.497 e. The summed E-state index contributed by atoms with van der Waals surface area (Å²) in [5.74, 6) is 1.09. The van der Waals surface area contributed by atoms with Crippen LogP contribution in [0.5, 0.6) is 17.2 Å². The summed E-state index contributed by atoms with van der Waals surface area (Å²) < 4.78 is 46.7. The molecule has 6 rings (SSSR count). The second kappa shape index (κ2) is 21.4. The predicted molar refractivity (Wildman–Crippen MR) is 238 cm³/mol. The molecule has 0 spiro atoms. The van der Waals surface area contributed by atoms with E-state index in [9.17, 15) is 18.0 Å². The van der Waals surface area contributed by atoms with Crippen LogP contribution in [0.1, 0.15) is 34.2 Å². The van der Waals surface area contributed by atoms with Crippen LogP contribution < -0.4 is 25.0 Å². The Balaban J connectivity index is 1.38. The van der Waals surface area contributed by atoms with Crippen LogP contribution in [0, 0.1) is 0 Å². The molecule has 0 bridgehead atoms. The third-order valence-electron chi connectivity index (χ3n) is 10.0. The summed E-state index contributed by atoms with van der Waals surface area (Å²) in [6, 6.07) is 47.9. The topological polar surface area (TPSA) is 132 Å². The van der Waals surface area contributed by atoms with E-state index in [1.54, 1.807) is 30.0 Å². The Morgan fingerprint density at radius 3 is 1.62 bits per heavy atom. The van der Waals surface area contributed by atoms with Crippen molar-refractivity contribution in [3.63, 3.8) is 0 Å². The van der Waals surface area contributed by atoms with Gasteiger partial charge < -0.3 is 19.5 Å². The number of thioether (sulfide) groups is 1. The van der Waals surface area contributed by atoms with E-state index in [-0.39, 0.29) is 17.9 Å². The molecule has 0 fully saturated rings. The highest BCUT2D eigenvalue weighted by Crippen LogP contribution is 2.40. The van der Waals surface area contributed by atoms with Gasteiger partial charge in [-0.3, -0.25) is 14.4 Å². The zero-order valence-electron chi connectivity index (χ0n) is 34.2. The number of benzene rings is 6. The van der Waals surface area contributed by atoms with Crippen molar-refractivity contribution in [3.05, 3.63) is 192 Å². The second-order valence-electron chi connectivity index (χ2n) is 13.9. The van der Waals surface area contributed by atoms with E-state index in [0.717, 1.165) is 26.6 Å². The molecule has 0 aromatic heterocycles. The van der Waals surface area contributed by atoms with Crippen LogP contribution in [0.2, 0.25) is 0 Å². The van der Waals surface area contributed by atoms with Crippen molar-refractivity contribution in [2.24, 2.45) is 0 Å². The highest BCUT2D eigenvalue weighted by Gasteiger charge is 2.42. The van der Waals surface area contributed by atoms with Crippen LogP contribution >= 0.6 is 11.8 Å². The van der Waals surface area contributed by atoms with Crippen molar-refractivity contribution >= 4 is 33.6 Å². The van der Waals surface area contributed by atoms with Crippen LogP contribution in [0.4, 0.5) is 0 Å². The molecule has 0 radical (unpaired) electrons. The maximum Gasteiger partial charge on any atom is 0.262 e. The normalized spacial score (nSPS) is 12.0. The van der Waals surface area contributed by atoms with Crippen LogP contribution in [0.25, 0.3) is 0 Å². The van der Waals surface area contributed by atoms with Crippen molar-refractivity contribution in [2.75, 3.05) is 33.6 Å². The number of ether oxygens (including phenoxy) is 3. The SMILES string of the molecule is COc1ccc(S(=O)(=O)N(CC(=O)NCc2cc(OC)cc(OC)c2)C(CCSCc2ccccc2)C(=O)NOC(c2ccccc2)(c2ccccc2)c2ccccc2)cc1. The highest BCUT2D eigenvalue weighted by molar-refractivity contribution is 7.98. The Labute approximate surface area is 362 Å². The average molecular weight is 860 g/mol. The number of rotatable bonds is 21. The van der Waals surface area contributed by atoms with Gasteiger partial charge in [0.25, 0.3) is 5.91 Å². The Morgan fingerprint density at radius 1 is 0.639 bits per heavy atom. The number of amides is 2. The molecule has 0 heterocycles. The summed E-state index contributed by atoms with van der Waals surface area (Å²) in [4.78, 5) is 35.5. The highest BCUT2D eigenvalue weighted by atomic mass is 32.2. The van der Waals surface area contributed by atoms with E-state index >= 15 is 0 Å². The standard InChI is InChI=1S/C48H49N3O8S2/c1-56-41-24-26-44(27-25-41)61(54,55)51(34-46(52)49-33-37-30-42(57-2)32-43(31-37)58-3)45(28-29-60-35-36-16-8-4-9-17-36)47(53)50-59-48(38-18-10-5-11-19-38,39-20-12-6-13-21-39)40-22-14-7-15-23-40/h4-27,30-32,45H,28-29,33-35H2,1-3H3,(H,49,52)(H,50,53). The first-order valence-electron chi connectivity index (χ1n) is 19.6. The first kappa shape index (κ1) is 44.4. The Morgan fingerprint density at radius 2 is 1.13 bits per heavy atom. The molecule has 316 valence electrons. The Bertz CT molecular complexity index is 2310. The molecule has 6 aromatic carbocycles. The number of nitrogens with one attached hydrogen (secondary N) is 2. The van der Waals surface area contributed by atoms with E-state index in [4.69, 9.17) is 19.0 Å². The maximum absolute atomic E-state index is 14.9. The molecule has 0 saturated heterocycles. The van der Waals surface area contributed by atoms with Gasteiger partial charge in [0.15, 0.2) is 5.60 Å². The third kappa shape index (κ3) is 11.2. The molecule has 1 unspecified atom stereocenters. The number of methoxy groups -OCH3 is 3. The first-order chi connectivity index (χ1) is 29.7. The van der Waals surface area contributed by atoms with Gasteiger partial charge in [-0.15, -0.1) is 0 Å². The summed E-state index contributed by atoms with van der Waals surface area (Å²) in [6.07, 6.45) is 0.0391. The average Bonchev–Trinajstić information content (AvgIpc) is 3.31. The molecule has 2 amide bonds. The number of hydrogen-bond acceptors (Lipinski definition) is 9. The number of carbonyl (C=O) groups is 2. The van der Waals surface area contributed by atoms with Gasteiger partial charge in [-0.2, -0.15) is 16.1 Å². The van der Waals surface area contributed by atoms with Crippen molar-refractivity contribution < 1.29 is 37.1 Å². The van der Waals surface area contributed by atoms with Crippen LogP contribution in [-0.4, -0.2) is 64.2 Å². The van der Waals surface area contributed by atoms with Gasteiger partial charge in [-0.1, -0.05) is 121 Å². The molecule has 0 saturated carbocycles. The Hall–Kier alpha value is -6.12. The number of hydrogen-bond donors (Lipinski definition) is 2. The van der Waals surface area contributed by atoms with E-state index in [1.807, 2.05) is 121 Å². The molecule has 11 nitrogen and oxygen atoms in total. The van der Waals surface area contributed by atoms with Crippen molar-refractivity contribution in [1.82, 2.24) is 15.1 Å². The van der Waals surface area contributed by atoms with Gasteiger partial charge in [0, 0.05) is 18.4 Å². The van der Waals surface area contributed by atoms with Crippen molar-refractivity contribution in [2.45, 2.75) is 35.3 Å². The van der Waals surface area contributed by atoms with Gasteiger partial charge in [0.1, 0.15) is 23.3 Å². The fourth-order valence-electron chi connectivity index (χ4n) is 6.87. The summed E-state index contributed by atoms with van der Waals surface area (Å²) in [6.45, 7) is -0.651. The van der Waals surface area contributed by atoms with Gasteiger partial charge in [0.05, 0.1) is 32.8 Å². The molecule has 6 aromatic rings. The van der Waals surface area contributed by atoms with Crippen molar-refractivity contribution in [3.8, 4) is 17.2 Å². The second-order valence-corrected chi connectivity index (χ2v) is 16.9. The molecule has 0 aliphatic heterocycles. The van der Waals surface area contributed by atoms with Gasteiger partial charge in [0.2, 0.25) is 15.9 Å². The molecule has 1 atom stereocenters. The van der Waals surface area contributed by atoms with Gasteiger partial charge >= 0.3 is 0 Å². The molecule has 0 aliphatic rings. The molecule has 0 aliphatic carbocycles. The lowest BCUT2D eigenvalue weighted by atomic mass is 9.80. The Kier molecular flexibility index (Phi) is 15.6. The number of carbonyl (C=O) groups excluding carboxylic acids is 2. The number of sulfonamides is 1. The lowest BCUT2D eigenvalue weighted by molar-refractivity contribution is -0.147. The first-order valence-corrected chi connectivity index (χ1v) is 22.2. The lowest BCUT2D eigenvalue weighted by Crippen LogP contribution is -2.54. The summed E-state index contributed by atoms with van der Waals surface area (Å²) >= 11 is 1.55. The summed E-state index contributed by atoms with van der Waals surface area (Å²) in [5, 5.41) is 2.83. The van der Waals surface area contributed by atoms with E-state index < -0.39 is 40.0 Å². The number of hydroxylamine groups is 1. The van der Waals surface area contributed by atoms with E-state index in [1.165, 1.54) is 45.6 Å². The third-order valence-corrected chi connectivity index (χ3v) is 12.9. The fraction of sp³-hybridized carbons (Fsp3) is 0.208. The zero-order chi connectivity index (χ0) is 43.1. The van der Waals surface area contributed by atoms with Crippen LogP contribution in [-0.2, 0) is 42.3 Å². The molecule has 61 heavy (non-hydrogen) atoms. The van der Waals surface area contributed by atoms with Gasteiger partial charge in [-0.05, 0) is 76.4 Å². The molecule has 2 N–H and O–H groups in total. The van der Waals surface area contributed by atoms with Crippen LogP contribution in [0.15, 0.2) is 169 Å². The lowest BCUT2D eigenvalue weighted by Gasteiger charge is -2.36. The van der Waals surface area contributed by atoms with E-state index in [0.29, 0.717) is 34.3 Å². The maximum atomic E-state index is 14.9. The zero-order valence-corrected chi connectivity index (χ0v) is 35.9. The van der Waals surface area contributed by atoms with Gasteiger partial charge in [-0.25, -0.2) is 13.9 Å².